The maximum absolute atomic E-state index is 10.1. The lowest BCUT2D eigenvalue weighted by molar-refractivity contribution is 0.153. The lowest BCUT2D eigenvalue weighted by Crippen LogP contribution is -2.45. The molecule has 1 aromatic rings. The molecule has 0 bridgehead atoms. The number of aromatic hydroxyl groups is 1. The topological polar surface area (TPSA) is 44.7 Å². The molecule has 1 aromatic carbocycles. The zero-order valence-corrected chi connectivity index (χ0v) is 17.8. The third-order valence-corrected chi connectivity index (χ3v) is 4.63. The van der Waals surface area contributed by atoms with Gasteiger partial charge in [0, 0.05) is 32.2 Å². The average Bonchev–Trinajstić information content (AvgIpc) is 2.50. The maximum Gasteiger partial charge on any atom is 0.172 e. The molecule has 24 heavy (non-hydrogen) atoms. The van der Waals surface area contributed by atoms with Crippen molar-refractivity contribution < 1.29 is 9.84 Å². The summed E-state index contributed by atoms with van der Waals surface area (Å²) < 4.78 is 6.30. The number of nitrogens with one attached hydrogen (secondary N) is 1. The SMILES string of the molecule is CCOc1cc([C@@H](CC(C)C)N2CCNCC2)cc(Br)c1O.Cl.Cl. The number of halogens is 3. The van der Waals surface area contributed by atoms with E-state index in [2.05, 4.69) is 40.0 Å². The molecule has 1 saturated heterocycles. The highest BCUT2D eigenvalue weighted by molar-refractivity contribution is 9.10. The predicted molar refractivity (Wildman–Crippen MR) is 108 cm³/mol. The largest absolute Gasteiger partial charge is 0.503 e. The van der Waals surface area contributed by atoms with Crippen molar-refractivity contribution in [1.82, 2.24) is 10.2 Å². The first kappa shape index (κ1) is 23.8. The van der Waals surface area contributed by atoms with Gasteiger partial charge in [-0.2, -0.15) is 0 Å². The van der Waals surface area contributed by atoms with Crippen LogP contribution in [0.5, 0.6) is 11.5 Å². The molecule has 4 nitrogen and oxygen atoms in total. The second kappa shape index (κ2) is 11.4. The molecular formula is C17H29BrCl2N2O2. The standard InChI is InChI=1S/C17H27BrN2O2.2ClH/c1-4-22-16-11-13(10-14(18)17(16)21)15(9-12(2)3)20-7-5-19-6-8-20;;/h10-12,15,19,21H,4-9H2,1-3H3;2*1H/t15-;;/m1../s1. The Morgan fingerprint density at radius 1 is 1.25 bits per heavy atom. The van der Waals surface area contributed by atoms with E-state index in [9.17, 15) is 5.11 Å². The fourth-order valence-corrected chi connectivity index (χ4v) is 3.45. The van der Waals surface area contributed by atoms with E-state index in [4.69, 9.17) is 4.74 Å². The maximum atomic E-state index is 10.1. The van der Waals surface area contributed by atoms with Gasteiger partial charge in [-0.25, -0.2) is 0 Å². The minimum absolute atomic E-state index is 0. The number of nitrogens with zero attached hydrogens (tertiary/aromatic N) is 1. The van der Waals surface area contributed by atoms with Crippen LogP contribution in [0.15, 0.2) is 16.6 Å². The molecule has 1 fully saturated rings. The smallest absolute Gasteiger partial charge is 0.172 e. The Hall–Kier alpha value is -0.200. The number of hydrogen-bond acceptors (Lipinski definition) is 4. The van der Waals surface area contributed by atoms with Crippen LogP contribution < -0.4 is 10.1 Å². The minimum atomic E-state index is 0. The summed E-state index contributed by atoms with van der Waals surface area (Å²) in [6, 6.07) is 4.39. The molecule has 7 heteroatoms. The summed E-state index contributed by atoms with van der Waals surface area (Å²) in [5.74, 6) is 1.37. The Kier molecular flexibility index (Phi) is 11.3. The first-order chi connectivity index (χ1) is 10.5. The number of rotatable bonds is 6. The number of phenolic OH excluding ortho intramolecular Hbond substituents is 1. The van der Waals surface area contributed by atoms with Gasteiger partial charge in [-0.15, -0.1) is 24.8 Å². The molecule has 1 aliphatic rings. The quantitative estimate of drug-likeness (QED) is 0.684. The van der Waals surface area contributed by atoms with Crippen LogP contribution in [0.25, 0.3) is 0 Å². The van der Waals surface area contributed by atoms with Crippen LogP contribution >= 0.6 is 40.7 Å². The summed E-state index contributed by atoms with van der Waals surface area (Å²) in [6.45, 7) is 11.2. The lowest BCUT2D eigenvalue weighted by atomic mass is 9.94. The van der Waals surface area contributed by atoms with Gasteiger partial charge in [0.25, 0.3) is 0 Å². The highest BCUT2D eigenvalue weighted by Gasteiger charge is 2.25. The highest BCUT2D eigenvalue weighted by atomic mass is 79.9. The number of piperazine rings is 1. The first-order valence-electron chi connectivity index (χ1n) is 8.12. The van der Waals surface area contributed by atoms with E-state index < -0.39 is 0 Å². The van der Waals surface area contributed by atoms with Gasteiger partial charge in [-0.1, -0.05) is 13.8 Å². The fourth-order valence-electron chi connectivity index (χ4n) is 2.99. The van der Waals surface area contributed by atoms with Crippen molar-refractivity contribution in [2.75, 3.05) is 32.8 Å². The summed E-state index contributed by atoms with van der Waals surface area (Å²) in [5, 5.41) is 13.5. The molecular weight excluding hydrogens is 415 g/mol. The van der Waals surface area contributed by atoms with Gasteiger partial charge in [-0.05, 0) is 52.9 Å². The molecule has 1 atom stereocenters. The van der Waals surface area contributed by atoms with Crippen molar-refractivity contribution in [3.63, 3.8) is 0 Å². The molecule has 0 amide bonds. The minimum Gasteiger partial charge on any atom is -0.503 e. The van der Waals surface area contributed by atoms with E-state index in [0.29, 0.717) is 28.8 Å². The van der Waals surface area contributed by atoms with E-state index in [1.165, 1.54) is 5.56 Å². The zero-order valence-electron chi connectivity index (χ0n) is 14.5. The molecule has 2 rings (SSSR count). The molecule has 0 radical (unpaired) electrons. The van der Waals surface area contributed by atoms with Crippen molar-refractivity contribution in [1.29, 1.82) is 0 Å². The lowest BCUT2D eigenvalue weighted by Gasteiger charge is -2.36. The summed E-state index contributed by atoms with van der Waals surface area (Å²) in [7, 11) is 0. The van der Waals surface area contributed by atoms with Gasteiger partial charge in [0.05, 0.1) is 11.1 Å². The molecule has 1 heterocycles. The monoisotopic (exact) mass is 442 g/mol. The molecule has 0 aromatic heterocycles. The van der Waals surface area contributed by atoms with Crippen LogP contribution in [-0.2, 0) is 0 Å². The van der Waals surface area contributed by atoms with Gasteiger partial charge in [0.1, 0.15) is 0 Å². The number of phenols is 1. The van der Waals surface area contributed by atoms with Gasteiger partial charge in [0.15, 0.2) is 11.5 Å². The molecule has 0 saturated carbocycles. The summed E-state index contributed by atoms with van der Waals surface area (Å²) in [6.07, 6.45) is 1.10. The average molecular weight is 444 g/mol. The third-order valence-electron chi connectivity index (χ3n) is 4.02. The van der Waals surface area contributed by atoms with Crippen LogP contribution in [-0.4, -0.2) is 42.8 Å². The Balaban J connectivity index is 0.00000264. The highest BCUT2D eigenvalue weighted by Crippen LogP contribution is 2.39. The summed E-state index contributed by atoms with van der Waals surface area (Å²) in [5.41, 5.74) is 1.21. The van der Waals surface area contributed by atoms with Crippen LogP contribution in [0.3, 0.4) is 0 Å². The van der Waals surface area contributed by atoms with E-state index in [1.807, 2.05) is 19.1 Å². The number of benzene rings is 1. The number of hydrogen-bond donors (Lipinski definition) is 2. The van der Waals surface area contributed by atoms with E-state index in [-0.39, 0.29) is 30.6 Å². The van der Waals surface area contributed by atoms with Crippen molar-refractivity contribution in [3.05, 3.63) is 22.2 Å². The van der Waals surface area contributed by atoms with Crippen LogP contribution in [0, 0.1) is 5.92 Å². The van der Waals surface area contributed by atoms with Gasteiger partial charge < -0.3 is 15.2 Å². The fraction of sp³-hybridized carbons (Fsp3) is 0.647. The Labute approximate surface area is 166 Å². The molecule has 0 spiro atoms. The number of ether oxygens (including phenoxy) is 1. The van der Waals surface area contributed by atoms with Crippen molar-refractivity contribution in [2.24, 2.45) is 5.92 Å². The summed E-state index contributed by atoms with van der Waals surface area (Å²) in [4.78, 5) is 2.53. The van der Waals surface area contributed by atoms with Crippen LogP contribution in [0.1, 0.15) is 38.8 Å². The molecule has 1 aliphatic heterocycles. The Morgan fingerprint density at radius 2 is 1.88 bits per heavy atom. The van der Waals surface area contributed by atoms with Crippen LogP contribution in [0.4, 0.5) is 0 Å². The van der Waals surface area contributed by atoms with Gasteiger partial charge >= 0.3 is 0 Å². The first-order valence-corrected chi connectivity index (χ1v) is 8.92. The Morgan fingerprint density at radius 3 is 2.42 bits per heavy atom. The molecule has 0 aliphatic carbocycles. The van der Waals surface area contributed by atoms with Crippen molar-refractivity contribution in [3.8, 4) is 11.5 Å². The van der Waals surface area contributed by atoms with E-state index >= 15 is 0 Å². The Bertz CT molecular complexity index is 498. The van der Waals surface area contributed by atoms with Crippen LogP contribution in [0.2, 0.25) is 0 Å². The molecule has 0 unspecified atom stereocenters. The second-order valence-electron chi connectivity index (χ2n) is 6.21. The van der Waals surface area contributed by atoms with E-state index in [0.717, 1.165) is 32.6 Å². The molecule has 2 N–H and O–H groups in total. The normalized spacial score (nSPS) is 16.2. The molecule has 140 valence electrons. The van der Waals surface area contributed by atoms with Crippen molar-refractivity contribution in [2.45, 2.75) is 33.2 Å². The second-order valence-corrected chi connectivity index (χ2v) is 7.07. The van der Waals surface area contributed by atoms with E-state index in [1.54, 1.807) is 0 Å². The predicted octanol–water partition coefficient (Wildman–Crippen LogP) is 4.39. The van der Waals surface area contributed by atoms with Gasteiger partial charge in [0.2, 0.25) is 0 Å². The summed E-state index contributed by atoms with van der Waals surface area (Å²) >= 11 is 3.46. The third kappa shape index (κ3) is 6.26. The zero-order chi connectivity index (χ0) is 16.1. The van der Waals surface area contributed by atoms with Gasteiger partial charge in [-0.3, -0.25) is 4.90 Å². The van der Waals surface area contributed by atoms with Crippen molar-refractivity contribution >= 4 is 40.7 Å².